The molecule has 0 aromatic rings. The highest BCUT2D eigenvalue weighted by Crippen LogP contribution is 2.45. The maximum absolute atomic E-state index is 12.8. The summed E-state index contributed by atoms with van der Waals surface area (Å²) in [7, 11) is -9.78. The van der Waals surface area contributed by atoms with Crippen molar-refractivity contribution in [1.29, 1.82) is 0 Å². The van der Waals surface area contributed by atoms with E-state index in [9.17, 15) is 43.5 Å². The molecule has 0 aliphatic heterocycles. The predicted octanol–water partition coefficient (Wildman–Crippen LogP) is 16.0. The number of esters is 3. The van der Waals surface area contributed by atoms with Crippen molar-refractivity contribution >= 4 is 33.6 Å². The Morgan fingerprint density at radius 1 is 0.358 bits per heavy atom. The summed E-state index contributed by atoms with van der Waals surface area (Å²) in [5.41, 5.74) is 0. The van der Waals surface area contributed by atoms with Gasteiger partial charge in [-0.05, 0) is 89.9 Å². The van der Waals surface area contributed by atoms with Gasteiger partial charge in [0.15, 0.2) is 6.10 Å². The molecule has 0 spiro atoms. The molecule has 0 saturated carbocycles. The molecule has 0 amide bonds. The van der Waals surface area contributed by atoms with Crippen LogP contribution >= 0.6 is 15.6 Å². The third kappa shape index (κ3) is 58.1. The summed E-state index contributed by atoms with van der Waals surface area (Å²) >= 11 is 0. The molecule has 0 radical (unpaired) electrons. The number of hydrogen-bond acceptors (Lipinski definition) is 14. The Bertz CT molecular complexity index is 1870. The van der Waals surface area contributed by atoms with Crippen molar-refractivity contribution in [3.8, 4) is 0 Å². The van der Waals surface area contributed by atoms with E-state index in [1.54, 1.807) is 0 Å². The summed E-state index contributed by atoms with van der Waals surface area (Å²) in [6.45, 7) is 2.33. The molecule has 16 nitrogen and oxygen atoms in total. The molecule has 0 heterocycles. The molecule has 81 heavy (non-hydrogen) atoms. The summed E-state index contributed by atoms with van der Waals surface area (Å²) in [5, 5.41) is 20.4. The number of unbranched alkanes of at least 4 members (excludes halogenated alkanes) is 18. The maximum Gasteiger partial charge on any atom is 0.472 e. The van der Waals surface area contributed by atoms with Crippen molar-refractivity contribution in [1.82, 2.24) is 0 Å². The van der Waals surface area contributed by atoms with E-state index < -0.39 is 91.5 Å². The topological polar surface area (TPSA) is 231 Å². The lowest BCUT2D eigenvalue weighted by molar-refractivity contribution is -0.161. The zero-order valence-corrected chi connectivity index (χ0v) is 51.7. The molecule has 0 aliphatic rings. The highest BCUT2D eigenvalue weighted by atomic mass is 31.2. The molecule has 0 aromatic heterocycles. The Labute approximate surface area is 488 Å². The number of ether oxygens (including phenoxy) is 3. The van der Waals surface area contributed by atoms with E-state index in [2.05, 4.69) is 106 Å². The van der Waals surface area contributed by atoms with Crippen molar-refractivity contribution in [2.24, 2.45) is 0 Å². The molecule has 0 fully saturated rings. The molecule has 18 heteroatoms. The van der Waals surface area contributed by atoms with Crippen LogP contribution in [0.15, 0.2) is 97.2 Å². The number of aliphatic hydroxyl groups is 2. The van der Waals surface area contributed by atoms with E-state index in [4.69, 9.17) is 32.3 Å². The van der Waals surface area contributed by atoms with Crippen molar-refractivity contribution < 1.29 is 75.8 Å². The molecular weight excluding hydrogens is 1070 g/mol. The van der Waals surface area contributed by atoms with Crippen LogP contribution in [0.3, 0.4) is 0 Å². The fourth-order valence-corrected chi connectivity index (χ4v) is 9.26. The fourth-order valence-electron chi connectivity index (χ4n) is 7.68. The normalized spacial score (nSPS) is 15.1. The van der Waals surface area contributed by atoms with Crippen molar-refractivity contribution in [2.45, 2.75) is 245 Å². The minimum Gasteiger partial charge on any atom is -0.463 e. The van der Waals surface area contributed by atoms with Gasteiger partial charge in [-0.25, -0.2) is 9.13 Å². The number of phosphoric acid groups is 2. The summed E-state index contributed by atoms with van der Waals surface area (Å²) in [4.78, 5) is 58.1. The molecule has 0 rings (SSSR count). The summed E-state index contributed by atoms with van der Waals surface area (Å²) in [6.07, 6.45) is 59.1. The SMILES string of the molecule is CC/C=C\C/C=C\C/C=C\C/C=C\C/C=C\CCCC(=O)OCC(O)COP(=O)(O)OCC(O)COP(=O)(O)OCC(COC(=O)CCCCCCCCC/C=C\C/C=C\C/C=C\CC)OC(=O)CCCCCCCCCCCCC. The number of carbonyl (C=O) groups is 3. The summed E-state index contributed by atoms with van der Waals surface area (Å²) in [6, 6.07) is 0. The Morgan fingerprint density at radius 2 is 0.667 bits per heavy atom. The first kappa shape index (κ1) is 77.5. The number of phosphoric ester groups is 2. The first-order chi connectivity index (χ1) is 39.2. The molecule has 4 N–H and O–H groups in total. The van der Waals surface area contributed by atoms with E-state index in [0.717, 1.165) is 122 Å². The van der Waals surface area contributed by atoms with Gasteiger partial charge in [-0.15, -0.1) is 0 Å². The Kier molecular flexibility index (Phi) is 54.4. The lowest BCUT2D eigenvalue weighted by atomic mass is 10.1. The van der Waals surface area contributed by atoms with Gasteiger partial charge in [-0.3, -0.25) is 32.5 Å². The lowest BCUT2D eigenvalue weighted by Crippen LogP contribution is -2.30. The maximum atomic E-state index is 12.8. The van der Waals surface area contributed by atoms with E-state index >= 15 is 0 Å². The molecule has 5 atom stereocenters. The van der Waals surface area contributed by atoms with Gasteiger partial charge >= 0.3 is 33.6 Å². The first-order valence-corrected chi connectivity index (χ1v) is 33.5. The number of rotatable bonds is 57. The van der Waals surface area contributed by atoms with Crippen LogP contribution in [0, 0.1) is 0 Å². The number of aliphatic hydroxyl groups excluding tert-OH is 2. The lowest BCUT2D eigenvalue weighted by Gasteiger charge is -2.21. The average Bonchev–Trinajstić information content (AvgIpc) is 3.44. The molecule has 0 aliphatic carbocycles. The molecule has 466 valence electrons. The van der Waals surface area contributed by atoms with Crippen LogP contribution in [0.25, 0.3) is 0 Å². The Balaban J connectivity index is 4.70. The quantitative estimate of drug-likeness (QED) is 0.0146. The van der Waals surface area contributed by atoms with Crippen LogP contribution in [-0.2, 0) is 55.8 Å². The van der Waals surface area contributed by atoms with Crippen molar-refractivity contribution in [2.75, 3.05) is 39.6 Å². The van der Waals surface area contributed by atoms with Crippen molar-refractivity contribution in [3.05, 3.63) is 97.2 Å². The van der Waals surface area contributed by atoms with Crippen LogP contribution in [0.5, 0.6) is 0 Å². The standard InChI is InChI=1S/C63H108O16P2/c1-4-7-10-13-16-19-22-24-26-28-30-32-35-37-40-43-46-49-61(66)73-52-58(64)53-75-80(69,70)76-54-59(65)55-77-81(71,72)78-57-60(79-63(68)51-48-45-42-39-34-21-18-15-12-9-6-3)56-74-62(67)50-47-44-41-38-36-33-31-29-27-25-23-20-17-14-11-8-5-2/h7-8,10-11,16-17,19-20,24-27,30,32,37,40,58-60,64-65H,4-6,9,12-15,18,21-23,28-29,31,33-36,38-39,41-57H2,1-3H3,(H,69,70)(H,71,72)/b10-7-,11-8-,19-16-,20-17-,26-24-,27-25-,32-30-,40-37-. The highest BCUT2D eigenvalue weighted by Gasteiger charge is 2.29. The second-order valence-corrected chi connectivity index (χ2v) is 23.0. The van der Waals surface area contributed by atoms with Crippen LogP contribution < -0.4 is 0 Å². The van der Waals surface area contributed by atoms with Gasteiger partial charge in [0.05, 0.1) is 26.4 Å². The van der Waals surface area contributed by atoms with E-state index in [1.807, 2.05) is 12.2 Å². The van der Waals surface area contributed by atoms with Gasteiger partial charge in [0, 0.05) is 19.3 Å². The highest BCUT2D eigenvalue weighted by molar-refractivity contribution is 7.47. The average molecular weight is 1180 g/mol. The van der Waals surface area contributed by atoms with Gasteiger partial charge in [-0.2, -0.15) is 0 Å². The van der Waals surface area contributed by atoms with Gasteiger partial charge in [0.25, 0.3) is 0 Å². The molecular formula is C63H108O16P2. The third-order valence-corrected chi connectivity index (χ3v) is 14.2. The second-order valence-electron chi connectivity index (χ2n) is 20.1. The van der Waals surface area contributed by atoms with Crippen LogP contribution in [0.4, 0.5) is 0 Å². The van der Waals surface area contributed by atoms with Gasteiger partial charge in [0.2, 0.25) is 0 Å². The van der Waals surface area contributed by atoms with Gasteiger partial charge in [-0.1, -0.05) is 214 Å². The summed E-state index contributed by atoms with van der Waals surface area (Å²) < 4.78 is 60.6. The smallest absolute Gasteiger partial charge is 0.463 e. The molecule has 0 saturated heterocycles. The largest absolute Gasteiger partial charge is 0.472 e. The minimum atomic E-state index is -4.92. The molecule has 0 bridgehead atoms. The van der Waals surface area contributed by atoms with Gasteiger partial charge < -0.3 is 34.2 Å². The first-order valence-electron chi connectivity index (χ1n) is 30.5. The van der Waals surface area contributed by atoms with E-state index in [-0.39, 0.29) is 19.3 Å². The number of hydrogen-bond donors (Lipinski definition) is 4. The number of carbonyl (C=O) groups excluding carboxylic acids is 3. The zero-order valence-electron chi connectivity index (χ0n) is 49.9. The van der Waals surface area contributed by atoms with Crippen molar-refractivity contribution in [3.63, 3.8) is 0 Å². The molecule has 0 aromatic carbocycles. The van der Waals surface area contributed by atoms with Gasteiger partial charge in [0.1, 0.15) is 25.4 Å². The zero-order chi connectivity index (χ0) is 59.6. The third-order valence-electron chi connectivity index (χ3n) is 12.3. The minimum absolute atomic E-state index is 0.102. The number of allylic oxidation sites excluding steroid dienone is 16. The van der Waals surface area contributed by atoms with Crippen LogP contribution in [-0.4, -0.2) is 95.9 Å². The Morgan fingerprint density at radius 3 is 1.09 bits per heavy atom. The monoisotopic (exact) mass is 1180 g/mol. The van der Waals surface area contributed by atoms with Crippen LogP contribution in [0.2, 0.25) is 0 Å². The fraction of sp³-hybridized carbons (Fsp3) is 0.698. The van der Waals surface area contributed by atoms with Crippen LogP contribution in [0.1, 0.15) is 226 Å². The molecule has 5 unspecified atom stereocenters. The van der Waals surface area contributed by atoms with E-state index in [1.165, 1.54) is 38.5 Å². The van der Waals surface area contributed by atoms with E-state index in [0.29, 0.717) is 25.7 Å². The Hall–Kier alpha value is -3.53. The predicted molar refractivity (Wildman–Crippen MR) is 325 cm³/mol. The second kappa shape index (κ2) is 56.9. The summed E-state index contributed by atoms with van der Waals surface area (Å²) in [5.74, 6) is -1.64.